The lowest BCUT2D eigenvalue weighted by molar-refractivity contribution is -0.150. The van der Waals surface area contributed by atoms with Gasteiger partial charge < -0.3 is 10.2 Å². The second kappa shape index (κ2) is 2.32. The molecule has 2 N–H and O–H groups in total. The highest BCUT2D eigenvalue weighted by molar-refractivity contribution is 5.92. The van der Waals surface area contributed by atoms with Gasteiger partial charge >= 0.3 is 0 Å². The maximum atomic E-state index is 11.0. The third-order valence-electron chi connectivity index (χ3n) is 1.11. The van der Waals surface area contributed by atoms with Gasteiger partial charge in [0.2, 0.25) is 0 Å². The molecule has 0 rings (SSSR count). The van der Waals surface area contributed by atoms with E-state index in [1.807, 2.05) is 0 Å². The summed E-state index contributed by atoms with van der Waals surface area (Å²) >= 11 is 0. The minimum atomic E-state index is -1.45. The Balaban J connectivity index is 4.40. The normalized spacial score (nSPS) is 13.4. The molecule has 0 spiro atoms. The van der Waals surface area contributed by atoms with E-state index in [1.165, 1.54) is 27.7 Å². The largest absolute Gasteiger partial charge is 0.383 e. The first-order chi connectivity index (χ1) is 4.15. The molecule has 0 saturated carbocycles. The summed E-state index contributed by atoms with van der Waals surface area (Å²) in [6.07, 6.45) is 0. The summed E-state index contributed by atoms with van der Waals surface area (Å²) < 4.78 is 0. The molecule has 0 heterocycles. The highest BCUT2D eigenvalue weighted by atomic mass is 16.3. The summed E-state index contributed by atoms with van der Waals surface area (Å²) in [5.41, 5.74) is -2.89. The molecule has 60 valence electrons. The molecule has 0 unspecified atom stereocenters. The van der Waals surface area contributed by atoms with Gasteiger partial charge in [-0.1, -0.05) is 0 Å². The molecule has 0 aromatic heterocycles. The molecule has 10 heavy (non-hydrogen) atoms. The van der Waals surface area contributed by atoms with Gasteiger partial charge in [-0.05, 0) is 27.7 Å². The molecule has 0 amide bonds. The first kappa shape index (κ1) is 9.59. The smallest absolute Gasteiger partial charge is 0.194 e. The molecule has 0 aromatic carbocycles. The van der Waals surface area contributed by atoms with E-state index in [4.69, 9.17) is 10.2 Å². The maximum absolute atomic E-state index is 11.0. The van der Waals surface area contributed by atoms with Gasteiger partial charge in [-0.3, -0.25) is 4.79 Å². The lowest BCUT2D eigenvalue weighted by Crippen LogP contribution is -2.45. The molecule has 0 aliphatic carbocycles. The molecule has 0 aromatic rings. The van der Waals surface area contributed by atoms with Crippen LogP contribution in [0.1, 0.15) is 27.7 Å². The highest BCUT2D eigenvalue weighted by Crippen LogP contribution is 2.13. The summed E-state index contributed by atoms with van der Waals surface area (Å²) in [7, 11) is 0. The lowest BCUT2D eigenvalue weighted by Gasteiger charge is -2.24. The van der Waals surface area contributed by atoms with Gasteiger partial charge in [0.1, 0.15) is 11.2 Å². The summed E-state index contributed by atoms with van der Waals surface area (Å²) in [6.45, 7) is 5.42. The molecule has 0 saturated heterocycles. The van der Waals surface area contributed by atoms with Crippen molar-refractivity contribution in [1.82, 2.24) is 0 Å². The van der Waals surface area contributed by atoms with Crippen molar-refractivity contribution in [3.63, 3.8) is 0 Å². The van der Waals surface area contributed by atoms with Crippen molar-refractivity contribution in [1.29, 1.82) is 0 Å². The van der Waals surface area contributed by atoms with Gasteiger partial charge in [0.25, 0.3) is 0 Å². The number of carbonyl (C=O) groups is 1. The number of ketones is 1. The molecule has 0 atom stereocenters. The van der Waals surface area contributed by atoms with E-state index in [1.54, 1.807) is 0 Å². The van der Waals surface area contributed by atoms with Gasteiger partial charge in [0, 0.05) is 0 Å². The monoisotopic (exact) mass is 146 g/mol. The average Bonchev–Trinajstić information content (AvgIpc) is 1.59. The fraction of sp³-hybridized carbons (Fsp3) is 0.857. The Bertz CT molecular complexity index is 120. The summed E-state index contributed by atoms with van der Waals surface area (Å²) in [4.78, 5) is 11.0. The van der Waals surface area contributed by atoms with Gasteiger partial charge in [-0.25, -0.2) is 0 Å². The van der Waals surface area contributed by atoms with Crippen LogP contribution in [-0.4, -0.2) is 27.2 Å². The zero-order valence-electron chi connectivity index (χ0n) is 6.80. The van der Waals surface area contributed by atoms with Crippen LogP contribution in [0.3, 0.4) is 0 Å². The Morgan fingerprint density at radius 3 is 1.20 bits per heavy atom. The van der Waals surface area contributed by atoms with Crippen molar-refractivity contribution in [2.45, 2.75) is 38.9 Å². The van der Waals surface area contributed by atoms with Gasteiger partial charge in [-0.15, -0.1) is 0 Å². The SMILES string of the molecule is CC(C)(O)C(=O)C(C)(C)O. The first-order valence-electron chi connectivity index (χ1n) is 3.15. The quantitative estimate of drug-likeness (QED) is 0.580. The van der Waals surface area contributed by atoms with Crippen LogP contribution in [0.4, 0.5) is 0 Å². The van der Waals surface area contributed by atoms with Gasteiger partial charge in [0.15, 0.2) is 5.78 Å². The Hall–Kier alpha value is -0.410. The van der Waals surface area contributed by atoms with Crippen LogP contribution < -0.4 is 0 Å². The molecule has 0 fully saturated rings. The molecule has 0 radical (unpaired) electrons. The highest BCUT2D eigenvalue weighted by Gasteiger charge is 2.35. The molecule has 0 aliphatic heterocycles. The van der Waals surface area contributed by atoms with E-state index < -0.39 is 17.0 Å². The van der Waals surface area contributed by atoms with Crippen LogP contribution >= 0.6 is 0 Å². The van der Waals surface area contributed by atoms with Crippen molar-refractivity contribution in [2.24, 2.45) is 0 Å². The van der Waals surface area contributed by atoms with Crippen LogP contribution in [0.25, 0.3) is 0 Å². The second-order valence-electron chi connectivity index (χ2n) is 3.45. The molecular weight excluding hydrogens is 132 g/mol. The number of hydrogen-bond donors (Lipinski definition) is 2. The Morgan fingerprint density at radius 1 is 1.00 bits per heavy atom. The van der Waals surface area contributed by atoms with Crippen LogP contribution in [0.15, 0.2) is 0 Å². The zero-order chi connectivity index (χ0) is 8.58. The van der Waals surface area contributed by atoms with E-state index in [0.717, 1.165) is 0 Å². The topological polar surface area (TPSA) is 57.5 Å². The number of hydrogen-bond acceptors (Lipinski definition) is 3. The minimum Gasteiger partial charge on any atom is -0.383 e. The van der Waals surface area contributed by atoms with E-state index in [-0.39, 0.29) is 0 Å². The van der Waals surface area contributed by atoms with Gasteiger partial charge in [0.05, 0.1) is 0 Å². The predicted octanol–water partition coefficient (Wildman–Crippen LogP) is 0.0973. The van der Waals surface area contributed by atoms with Crippen molar-refractivity contribution >= 4 is 5.78 Å². The summed E-state index contributed by atoms with van der Waals surface area (Å²) in [5, 5.41) is 18.2. The maximum Gasteiger partial charge on any atom is 0.194 e. The van der Waals surface area contributed by atoms with Crippen molar-refractivity contribution in [3.8, 4) is 0 Å². The van der Waals surface area contributed by atoms with E-state index in [9.17, 15) is 4.79 Å². The van der Waals surface area contributed by atoms with E-state index in [2.05, 4.69) is 0 Å². The third-order valence-corrected chi connectivity index (χ3v) is 1.11. The predicted molar refractivity (Wildman–Crippen MR) is 37.6 cm³/mol. The van der Waals surface area contributed by atoms with Crippen molar-refractivity contribution in [3.05, 3.63) is 0 Å². The van der Waals surface area contributed by atoms with E-state index >= 15 is 0 Å². The molecule has 3 nitrogen and oxygen atoms in total. The summed E-state index contributed by atoms with van der Waals surface area (Å²) in [5.74, 6) is -0.569. The van der Waals surface area contributed by atoms with Crippen LogP contribution in [-0.2, 0) is 4.79 Å². The zero-order valence-corrected chi connectivity index (χ0v) is 6.80. The molecule has 0 bridgehead atoms. The third kappa shape index (κ3) is 2.45. The Morgan fingerprint density at radius 2 is 1.20 bits per heavy atom. The number of Topliss-reactive ketones (excluding diaryl/α,β-unsaturated/α-hetero) is 1. The number of aliphatic hydroxyl groups is 2. The first-order valence-corrected chi connectivity index (χ1v) is 3.15. The average molecular weight is 146 g/mol. The van der Waals surface area contributed by atoms with Gasteiger partial charge in [-0.2, -0.15) is 0 Å². The van der Waals surface area contributed by atoms with Crippen LogP contribution in [0.2, 0.25) is 0 Å². The summed E-state index contributed by atoms with van der Waals surface area (Å²) in [6, 6.07) is 0. The molecular formula is C7H14O3. The Labute approximate surface area is 60.7 Å². The lowest BCUT2D eigenvalue weighted by atomic mass is 9.91. The van der Waals surface area contributed by atoms with Crippen molar-refractivity contribution < 1.29 is 15.0 Å². The van der Waals surface area contributed by atoms with Crippen LogP contribution in [0, 0.1) is 0 Å². The van der Waals surface area contributed by atoms with E-state index in [0.29, 0.717) is 0 Å². The molecule has 0 aliphatic rings. The molecule has 3 heteroatoms. The Kier molecular flexibility index (Phi) is 2.23. The fourth-order valence-electron chi connectivity index (χ4n) is 0.749. The minimum absolute atomic E-state index is 0.569. The standard InChI is InChI=1S/C7H14O3/c1-6(2,9)5(8)7(3,4)10/h9-10H,1-4H3. The van der Waals surface area contributed by atoms with Crippen LogP contribution in [0.5, 0.6) is 0 Å². The van der Waals surface area contributed by atoms with Crippen molar-refractivity contribution in [2.75, 3.05) is 0 Å². The fourth-order valence-corrected chi connectivity index (χ4v) is 0.749. The second-order valence-corrected chi connectivity index (χ2v) is 3.45. The number of rotatable bonds is 2. The number of carbonyl (C=O) groups excluding carboxylic acids is 1.